The summed E-state index contributed by atoms with van der Waals surface area (Å²) < 4.78 is 0. The van der Waals surface area contributed by atoms with E-state index >= 15 is 0 Å². The zero-order chi connectivity index (χ0) is 11.9. The Labute approximate surface area is 103 Å². The minimum absolute atomic E-state index is 0.00993. The first-order chi connectivity index (χ1) is 8.34. The summed E-state index contributed by atoms with van der Waals surface area (Å²) in [6.07, 6.45) is 5.78. The number of carbonyl (C=O) groups excluding carboxylic acids is 1. The van der Waals surface area contributed by atoms with Crippen molar-refractivity contribution in [2.75, 3.05) is 26.2 Å². The van der Waals surface area contributed by atoms with Crippen molar-refractivity contribution in [2.45, 2.75) is 44.2 Å². The third-order valence-electron chi connectivity index (χ3n) is 3.60. The molecule has 17 heavy (non-hydrogen) atoms. The molecule has 1 unspecified atom stereocenters. The van der Waals surface area contributed by atoms with Gasteiger partial charge in [-0.15, -0.1) is 0 Å². The minimum Gasteiger partial charge on any atom is -0.337 e. The zero-order valence-corrected chi connectivity index (χ0v) is 10.4. The van der Waals surface area contributed by atoms with E-state index in [0.717, 1.165) is 39.0 Å². The summed E-state index contributed by atoms with van der Waals surface area (Å²) in [5.41, 5.74) is 0. The summed E-state index contributed by atoms with van der Waals surface area (Å²) in [7, 11) is 0. The molecule has 2 aliphatic heterocycles. The monoisotopic (exact) mass is 240 g/mol. The molecule has 2 rings (SSSR count). The Balaban J connectivity index is 1.59. The first kappa shape index (κ1) is 12.6. The Morgan fingerprint density at radius 3 is 2.65 bits per heavy atom. The second-order valence-electron chi connectivity index (χ2n) is 5.03. The van der Waals surface area contributed by atoms with Gasteiger partial charge < -0.3 is 21.3 Å². The Morgan fingerprint density at radius 2 is 1.94 bits per heavy atom. The van der Waals surface area contributed by atoms with Gasteiger partial charge in [0.1, 0.15) is 0 Å². The van der Waals surface area contributed by atoms with Crippen LogP contribution in [0, 0.1) is 0 Å². The van der Waals surface area contributed by atoms with Gasteiger partial charge in [0.05, 0.1) is 0 Å². The average Bonchev–Trinajstić information content (AvgIpc) is 2.39. The number of hydrogen-bond donors (Lipinski definition) is 4. The highest BCUT2D eigenvalue weighted by Gasteiger charge is 2.17. The van der Waals surface area contributed by atoms with Crippen molar-refractivity contribution in [3.05, 3.63) is 0 Å². The summed E-state index contributed by atoms with van der Waals surface area (Å²) in [5, 5.41) is 12.7. The normalized spacial score (nSPS) is 26.5. The number of amides is 2. The molecule has 2 amide bonds. The number of rotatable bonds is 3. The maximum absolute atomic E-state index is 11.7. The molecule has 2 saturated heterocycles. The van der Waals surface area contributed by atoms with E-state index < -0.39 is 0 Å². The average molecular weight is 240 g/mol. The van der Waals surface area contributed by atoms with Crippen LogP contribution in [0.2, 0.25) is 0 Å². The van der Waals surface area contributed by atoms with E-state index in [1.165, 1.54) is 19.3 Å². The van der Waals surface area contributed by atoms with Crippen LogP contribution in [0.4, 0.5) is 4.79 Å². The van der Waals surface area contributed by atoms with Crippen molar-refractivity contribution in [3.63, 3.8) is 0 Å². The summed E-state index contributed by atoms with van der Waals surface area (Å²) in [5.74, 6) is 0. The van der Waals surface area contributed by atoms with Gasteiger partial charge in [0.15, 0.2) is 0 Å². The number of carbonyl (C=O) groups is 1. The van der Waals surface area contributed by atoms with E-state index in [0.29, 0.717) is 12.1 Å². The molecule has 0 spiro atoms. The molecule has 0 bridgehead atoms. The quantitative estimate of drug-likeness (QED) is 0.569. The highest BCUT2D eigenvalue weighted by atomic mass is 16.2. The summed E-state index contributed by atoms with van der Waals surface area (Å²) in [6.45, 7) is 3.85. The molecule has 2 fully saturated rings. The standard InChI is InChI=1S/C12H24N4O/c17-12(16-10-4-7-13-8-5-10)15-9-11-3-1-2-6-14-11/h10-11,13-14H,1-9H2,(H2,15,16,17). The molecule has 0 aromatic heterocycles. The predicted molar refractivity (Wildman–Crippen MR) is 68.1 cm³/mol. The molecule has 2 aliphatic rings. The van der Waals surface area contributed by atoms with E-state index in [1.807, 2.05) is 0 Å². The molecule has 5 heteroatoms. The van der Waals surface area contributed by atoms with Crippen LogP contribution in [-0.4, -0.2) is 44.3 Å². The SMILES string of the molecule is O=C(NCC1CCCCN1)NC1CCNCC1. The molecule has 0 saturated carbocycles. The molecule has 5 nitrogen and oxygen atoms in total. The van der Waals surface area contributed by atoms with Crippen molar-refractivity contribution >= 4 is 6.03 Å². The second kappa shape index (κ2) is 6.81. The lowest BCUT2D eigenvalue weighted by atomic mass is 10.1. The Morgan fingerprint density at radius 1 is 1.12 bits per heavy atom. The topological polar surface area (TPSA) is 65.2 Å². The predicted octanol–water partition coefficient (Wildman–Crippen LogP) is 0.180. The van der Waals surface area contributed by atoms with Crippen LogP contribution in [0.3, 0.4) is 0 Å². The van der Waals surface area contributed by atoms with Gasteiger partial charge in [0.25, 0.3) is 0 Å². The number of urea groups is 1. The second-order valence-corrected chi connectivity index (χ2v) is 5.03. The number of piperidine rings is 2. The lowest BCUT2D eigenvalue weighted by molar-refractivity contribution is 0.231. The summed E-state index contributed by atoms with van der Waals surface area (Å²) >= 11 is 0. The molecular formula is C12H24N4O. The number of nitrogens with one attached hydrogen (secondary N) is 4. The third-order valence-corrected chi connectivity index (χ3v) is 3.60. The third kappa shape index (κ3) is 4.52. The van der Waals surface area contributed by atoms with Crippen LogP contribution in [-0.2, 0) is 0 Å². The van der Waals surface area contributed by atoms with Crippen molar-refractivity contribution in [1.29, 1.82) is 0 Å². The van der Waals surface area contributed by atoms with E-state index in [-0.39, 0.29) is 6.03 Å². The molecule has 0 aliphatic carbocycles. The van der Waals surface area contributed by atoms with Gasteiger partial charge in [-0.3, -0.25) is 0 Å². The molecule has 0 aromatic carbocycles. The van der Waals surface area contributed by atoms with Crippen LogP contribution in [0.15, 0.2) is 0 Å². The molecule has 2 heterocycles. The van der Waals surface area contributed by atoms with Gasteiger partial charge in [-0.05, 0) is 45.3 Å². The van der Waals surface area contributed by atoms with Gasteiger partial charge in [0, 0.05) is 18.6 Å². The highest BCUT2D eigenvalue weighted by molar-refractivity contribution is 5.74. The maximum atomic E-state index is 11.7. The maximum Gasteiger partial charge on any atom is 0.315 e. The van der Waals surface area contributed by atoms with Crippen molar-refractivity contribution in [2.24, 2.45) is 0 Å². The fraction of sp³-hybridized carbons (Fsp3) is 0.917. The van der Waals surface area contributed by atoms with Crippen LogP contribution in [0.1, 0.15) is 32.1 Å². The van der Waals surface area contributed by atoms with E-state index in [1.54, 1.807) is 0 Å². The van der Waals surface area contributed by atoms with Gasteiger partial charge in [0.2, 0.25) is 0 Å². The fourth-order valence-corrected chi connectivity index (χ4v) is 2.52. The molecule has 98 valence electrons. The molecular weight excluding hydrogens is 216 g/mol. The summed E-state index contributed by atoms with van der Waals surface area (Å²) in [6, 6.07) is 0.794. The Kier molecular flexibility index (Phi) is 5.07. The number of hydrogen-bond acceptors (Lipinski definition) is 3. The lowest BCUT2D eigenvalue weighted by Gasteiger charge is -2.26. The van der Waals surface area contributed by atoms with Crippen molar-refractivity contribution < 1.29 is 4.79 Å². The first-order valence-electron chi connectivity index (χ1n) is 6.83. The van der Waals surface area contributed by atoms with Crippen LogP contribution in [0.5, 0.6) is 0 Å². The van der Waals surface area contributed by atoms with Crippen molar-refractivity contribution in [1.82, 2.24) is 21.3 Å². The van der Waals surface area contributed by atoms with Gasteiger partial charge in [-0.2, -0.15) is 0 Å². The molecule has 0 aromatic rings. The molecule has 1 atom stereocenters. The zero-order valence-electron chi connectivity index (χ0n) is 10.4. The lowest BCUT2D eigenvalue weighted by Crippen LogP contribution is -2.50. The van der Waals surface area contributed by atoms with E-state index in [9.17, 15) is 4.79 Å². The van der Waals surface area contributed by atoms with E-state index in [2.05, 4.69) is 21.3 Å². The Hall–Kier alpha value is -0.810. The first-order valence-corrected chi connectivity index (χ1v) is 6.83. The highest BCUT2D eigenvalue weighted by Crippen LogP contribution is 2.06. The smallest absolute Gasteiger partial charge is 0.315 e. The van der Waals surface area contributed by atoms with Crippen LogP contribution in [0.25, 0.3) is 0 Å². The van der Waals surface area contributed by atoms with Crippen LogP contribution < -0.4 is 21.3 Å². The molecule has 0 radical (unpaired) electrons. The molecule has 4 N–H and O–H groups in total. The van der Waals surface area contributed by atoms with E-state index in [4.69, 9.17) is 0 Å². The fourth-order valence-electron chi connectivity index (χ4n) is 2.52. The Bertz CT molecular complexity index is 235. The minimum atomic E-state index is -0.00993. The largest absolute Gasteiger partial charge is 0.337 e. The van der Waals surface area contributed by atoms with Crippen LogP contribution >= 0.6 is 0 Å². The van der Waals surface area contributed by atoms with Gasteiger partial charge >= 0.3 is 6.03 Å². The van der Waals surface area contributed by atoms with Gasteiger partial charge in [-0.1, -0.05) is 6.42 Å². The van der Waals surface area contributed by atoms with Gasteiger partial charge in [-0.25, -0.2) is 4.79 Å². The summed E-state index contributed by atoms with van der Waals surface area (Å²) in [4.78, 5) is 11.7. The van der Waals surface area contributed by atoms with Crippen molar-refractivity contribution in [3.8, 4) is 0 Å².